The van der Waals surface area contributed by atoms with Crippen molar-refractivity contribution in [2.75, 3.05) is 6.61 Å². The molecule has 19 heavy (non-hydrogen) atoms. The van der Waals surface area contributed by atoms with Gasteiger partial charge in [0.15, 0.2) is 0 Å². The largest absolute Gasteiger partial charge is 0.494 e. The third-order valence-electron chi connectivity index (χ3n) is 3.61. The summed E-state index contributed by atoms with van der Waals surface area (Å²) in [6.45, 7) is 3.73. The number of aliphatic hydroxyl groups excluding tert-OH is 1. The first kappa shape index (κ1) is 14.4. The van der Waals surface area contributed by atoms with Crippen molar-refractivity contribution in [2.24, 2.45) is 0 Å². The number of hydrogen-bond acceptors (Lipinski definition) is 3. The fraction of sp³-hybridized carbons (Fsp3) is 0.625. The highest BCUT2D eigenvalue weighted by Crippen LogP contribution is 2.19. The molecule has 1 saturated carbocycles. The number of hydrogen-bond donors (Lipinski definition) is 2. The molecular weight excluding hydrogens is 238 g/mol. The van der Waals surface area contributed by atoms with Gasteiger partial charge in [-0.3, -0.25) is 0 Å². The van der Waals surface area contributed by atoms with Gasteiger partial charge in [0.2, 0.25) is 0 Å². The normalized spacial score (nSPS) is 23.3. The Balaban J connectivity index is 1.81. The molecule has 0 spiro atoms. The SMILES string of the molecule is CCCOc1cccc(CNC2CCCC(O)C2)c1. The van der Waals surface area contributed by atoms with E-state index in [-0.39, 0.29) is 6.10 Å². The number of aliphatic hydroxyl groups is 1. The summed E-state index contributed by atoms with van der Waals surface area (Å²) in [5.74, 6) is 0.949. The predicted molar refractivity (Wildman–Crippen MR) is 77.3 cm³/mol. The molecule has 1 fully saturated rings. The Labute approximate surface area is 116 Å². The van der Waals surface area contributed by atoms with Crippen LogP contribution in [0.1, 0.15) is 44.6 Å². The van der Waals surface area contributed by atoms with E-state index in [1.807, 2.05) is 12.1 Å². The summed E-state index contributed by atoms with van der Waals surface area (Å²) in [5.41, 5.74) is 1.24. The van der Waals surface area contributed by atoms with Gasteiger partial charge in [-0.2, -0.15) is 0 Å². The van der Waals surface area contributed by atoms with Crippen LogP contribution in [0.4, 0.5) is 0 Å². The fourth-order valence-corrected chi connectivity index (χ4v) is 2.58. The van der Waals surface area contributed by atoms with E-state index in [0.717, 1.165) is 44.6 Å². The van der Waals surface area contributed by atoms with Crippen LogP contribution < -0.4 is 10.1 Å². The third kappa shape index (κ3) is 4.84. The van der Waals surface area contributed by atoms with Gasteiger partial charge in [0.1, 0.15) is 5.75 Å². The molecule has 1 aliphatic rings. The molecule has 0 heterocycles. The van der Waals surface area contributed by atoms with E-state index in [1.165, 1.54) is 12.0 Å². The number of benzene rings is 1. The quantitative estimate of drug-likeness (QED) is 0.829. The Kier molecular flexibility index (Phi) is 5.67. The lowest BCUT2D eigenvalue weighted by atomic mass is 9.93. The Morgan fingerprint density at radius 3 is 3.05 bits per heavy atom. The smallest absolute Gasteiger partial charge is 0.119 e. The molecule has 3 heteroatoms. The highest BCUT2D eigenvalue weighted by atomic mass is 16.5. The summed E-state index contributed by atoms with van der Waals surface area (Å²) in [4.78, 5) is 0. The lowest BCUT2D eigenvalue weighted by Gasteiger charge is -2.26. The van der Waals surface area contributed by atoms with Crippen LogP contribution in [-0.2, 0) is 6.54 Å². The van der Waals surface area contributed by atoms with Crippen molar-refractivity contribution < 1.29 is 9.84 Å². The Morgan fingerprint density at radius 2 is 2.26 bits per heavy atom. The van der Waals surface area contributed by atoms with Gasteiger partial charge in [-0.15, -0.1) is 0 Å². The second-order valence-corrected chi connectivity index (χ2v) is 5.39. The number of nitrogens with one attached hydrogen (secondary N) is 1. The molecule has 0 bridgehead atoms. The molecule has 1 aromatic carbocycles. The first-order valence-electron chi connectivity index (χ1n) is 7.41. The average molecular weight is 263 g/mol. The van der Waals surface area contributed by atoms with Gasteiger partial charge in [-0.05, 0) is 49.8 Å². The van der Waals surface area contributed by atoms with Gasteiger partial charge < -0.3 is 15.2 Å². The number of rotatable bonds is 6. The maximum Gasteiger partial charge on any atom is 0.119 e. The Hall–Kier alpha value is -1.06. The zero-order chi connectivity index (χ0) is 13.5. The van der Waals surface area contributed by atoms with Gasteiger partial charge in [-0.25, -0.2) is 0 Å². The van der Waals surface area contributed by atoms with Crippen molar-refractivity contribution in [1.82, 2.24) is 5.32 Å². The summed E-state index contributed by atoms with van der Waals surface area (Å²) >= 11 is 0. The Morgan fingerprint density at radius 1 is 1.37 bits per heavy atom. The first-order chi connectivity index (χ1) is 9.28. The summed E-state index contributed by atoms with van der Waals surface area (Å²) in [7, 11) is 0. The molecule has 2 atom stereocenters. The molecule has 3 nitrogen and oxygen atoms in total. The molecule has 1 aromatic rings. The standard InChI is InChI=1S/C16H25NO2/c1-2-9-19-16-8-3-5-13(10-16)12-17-14-6-4-7-15(18)11-14/h3,5,8,10,14-15,17-18H,2,4,6-7,9,11-12H2,1H3. The highest BCUT2D eigenvalue weighted by Gasteiger charge is 2.19. The van der Waals surface area contributed by atoms with Gasteiger partial charge in [0, 0.05) is 12.6 Å². The van der Waals surface area contributed by atoms with Crippen LogP contribution >= 0.6 is 0 Å². The minimum atomic E-state index is -0.120. The van der Waals surface area contributed by atoms with Crippen LogP contribution in [0.25, 0.3) is 0 Å². The molecule has 1 aliphatic carbocycles. The lowest BCUT2D eigenvalue weighted by Crippen LogP contribution is -2.35. The summed E-state index contributed by atoms with van der Waals surface area (Å²) < 4.78 is 5.64. The monoisotopic (exact) mass is 263 g/mol. The summed E-state index contributed by atoms with van der Waals surface area (Å²) in [6, 6.07) is 8.71. The zero-order valence-electron chi connectivity index (χ0n) is 11.8. The van der Waals surface area contributed by atoms with Crippen LogP contribution in [0.15, 0.2) is 24.3 Å². The van der Waals surface area contributed by atoms with E-state index in [4.69, 9.17) is 4.74 Å². The van der Waals surface area contributed by atoms with Crippen LogP contribution in [0.5, 0.6) is 5.75 Å². The van der Waals surface area contributed by atoms with Crippen LogP contribution in [-0.4, -0.2) is 23.9 Å². The zero-order valence-corrected chi connectivity index (χ0v) is 11.8. The minimum Gasteiger partial charge on any atom is -0.494 e. The van der Waals surface area contributed by atoms with Gasteiger partial charge in [-0.1, -0.05) is 19.1 Å². The Bertz CT molecular complexity index is 381. The second kappa shape index (κ2) is 7.51. The van der Waals surface area contributed by atoms with E-state index in [9.17, 15) is 5.11 Å². The van der Waals surface area contributed by atoms with Crippen molar-refractivity contribution in [3.63, 3.8) is 0 Å². The van der Waals surface area contributed by atoms with E-state index in [0.29, 0.717) is 6.04 Å². The molecule has 2 N–H and O–H groups in total. The van der Waals surface area contributed by atoms with E-state index in [2.05, 4.69) is 24.4 Å². The van der Waals surface area contributed by atoms with E-state index >= 15 is 0 Å². The molecule has 2 unspecified atom stereocenters. The van der Waals surface area contributed by atoms with Gasteiger partial charge in [0.05, 0.1) is 12.7 Å². The molecular formula is C16H25NO2. The average Bonchev–Trinajstić information content (AvgIpc) is 2.43. The van der Waals surface area contributed by atoms with Crippen LogP contribution in [0.2, 0.25) is 0 Å². The summed E-state index contributed by atoms with van der Waals surface area (Å²) in [5, 5.41) is 13.2. The molecule has 0 aliphatic heterocycles. The molecule has 106 valence electrons. The minimum absolute atomic E-state index is 0.120. The van der Waals surface area contributed by atoms with Crippen LogP contribution in [0.3, 0.4) is 0 Å². The van der Waals surface area contributed by atoms with Crippen molar-refractivity contribution in [2.45, 2.75) is 57.7 Å². The van der Waals surface area contributed by atoms with Crippen molar-refractivity contribution in [3.8, 4) is 5.75 Å². The van der Waals surface area contributed by atoms with E-state index < -0.39 is 0 Å². The summed E-state index contributed by atoms with van der Waals surface area (Å²) in [6.07, 6.45) is 5.04. The van der Waals surface area contributed by atoms with Crippen molar-refractivity contribution >= 4 is 0 Å². The van der Waals surface area contributed by atoms with Crippen molar-refractivity contribution in [1.29, 1.82) is 0 Å². The molecule has 0 amide bonds. The maximum atomic E-state index is 9.66. The second-order valence-electron chi connectivity index (χ2n) is 5.39. The van der Waals surface area contributed by atoms with Crippen LogP contribution in [0, 0.1) is 0 Å². The fourth-order valence-electron chi connectivity index (χ4n) is 2.58. The lowest BCUT2D eigenvalue weighted by molar-refractivity contribution is 0.111. The molecule has 2 rings (SSSR count). The molecule has 0 saturated heterocycles. The molecule has 0 aromatic heterocycles. The van der Waals surface area contributed by atoms with Gasteiger partial charge in [0.25, 0.3) is 0 Å². The first-order valence-corrected chi connectivity index (χ1v) is 7.41. The number of ether oxygens (including phenoxy) is 1. The topological polar surface area (TPSA) is 41.5 Å². The third-order valence-corrected chi connectivity index (χ3v) is 3.61. The maximum absolute atomic E-state index is 9.66. The van der Waals surface area contributed by atoms with Gasteiger partial charge >= 0.3 is 0 Å². The van der Waals surface area contributed by atoms with Crippen molar-refractivity contribution in [3.05, 3.63) is 29.8 Å². The highest BCUT2D eigenvalue weighted by molar-refractivity contribution is 5.28. The molecule has 0 radical (unpaired) electrons. The predicted octanol–water partition coefficient (Wildman–Crippen LogP) is 2.87. The van der Waals surface area contributed by atoms with E-state index in [1.54, 1.807) is 0 Å².